The zero-order chi connectivity index (χ0) is 15.3. The van der Waals surface area contributed by atoms with E-state index >= 15 is 0 Å². The van der Waals surface area contributed by atoms with Crippen LogP contribution in [0.1, 0.15) is 49.2 Å². The van der Waals surface area contributed by atoms with E-state index in [1.807, 2.05) is 12.3 Å². The summed E-state index contributed by atoms with van der Waals surface area (Å²) in [5.74, 6) is 0.00479. The molecular weight excluding hydrogens is 302 g/mol. The van der Waals surface area contributed by atoms with Gasteiger partial charge in [0.05, 0.1) is 15.4 Å². The van der Waals surface area contributed by atoms with E-state index in [4.69, 9.17) is 18.0 Å². The van der Waals surface area contributed by atoms with Gasteiger partial charge in [-0.3, -0.25) is 4.79 Å². The average molecular weight is 326 g/mol. The molecule has 1 amide bonds. The SMILES string of the molecule is Cc1csc(CCNC(=O)C2(C(N)=S)CCCCCC2)n1. The first-order valence-electron chi connectivity index (χ1n) is 7.54. The van der Waals surface area contributed by atoms with Crippen molar-refractivity contribution in [3.63, 3.8) is 0 Å². The Hall–Kier alpha value is -1.01. The highest BCUT2D eigenvalue weighted by Crippen LogP contribution is 2.35. The number of thiazole rings is 1. The van der Waals surface area contributed by atoms with Gasteiger partial charge in [-0.1, -0.05) is 37.9 Å². The number of amides is 1. The van der Waals surface area contributed by atoms with Crippen LogP contribution in [0.4, 0.5) is 0 Å². The van der Waals surface area contributed by atoms with Crippen LogP contribution in [0.25, 0.3) is 0 Å². The Bertz CT molecular complexity index is 505. The normalized spacial score (nSPS) is 18.0. The van der Waals surface area contributed by atoms with Gasteiger partial charge in [0.1, 0.15) is 0 Å². The average Bonchev–Trinajstić information content (AvgIpc) is 2.72. The van der Waals surface area contributed by atoms with Crippen molar-refractivity contribution in [3.05, 3.63) is 16.1 Å². The molecule has 1 aliphatic carbocycles. The first-order chi connectivity index (χ1) is 10.0. The van der Waals surface area contributed by atoms with Crippen LogP contribution < -0.4 is 11.1 Å². The monoisotopic (exact) mass is 325 g/mol. The van der Waals surface area contributed by atoms with Gasteiger partial charge < -0.3 is 11.1 Å². The predicted octanol–water partition coefficient (Wildman–Crippen LogP) is 2.74. The third-order valence-electron chi connectivity index (χ3n) is 4.15. The predicted molar refractivity (Wildman–Crippen MR) is 90.5 cm³/mol. The van der Waals surface area contributed by atoms with Crippen LogP contribution in [-0.4, -0.2) is 22.4 Å². The first kappa shape index (κ1) is 16.4. The second-order valence-electron chi connectivity index (χ2n) is 5.75. The van der Waals surface area contributed by atoms with E-state index in [0.717, 1.165) is 55.6 Å². The Balaban J connectivity index is 1.93. The number of hydrogen-bond acceptors (Lipinski definition) is 4. The zero-order valence-corrected chi connectivity index (χ0v) is 14.1. The molecule has 1 heterocycles. The molecule has 4 nitrogen and oxygen atoms in total. The lowest BCUT2D eigenvalue weighted by atomic mass is 9.79. The van der Waals surface area contributed by atoms with Crippen molar-refractivity contribution < 1.29 is 4.79 Å². The summed E-state index contributed by atoms with van der Waals surface area (Å²) < 4.78 is 0. The van der Waals surface area contributed by atoms with Gasteiger partial charge in [0, 0.05) is 24.0 Å². The van der Waals surface area contributed by atoms with Crippen molar-refractivity contribution in [2.45, 2.75) is 51.9 Å². The van der Waals surface area contributed by atoms with Crippen LogP contribution in [0.15, 0.2) is 5.38 Å². The second-order valence-corrected chi connectivity index (χ2v) is 7.13. The molecule has 1 aromatic heterocycles. The fraction of sp³-hybridized carbons (Fsp3) is 0.667. The summed E-state index contributed by atoms with van der Waals surface area (Å²) >= 11 is 6.85. The zero-order valence-electron chi connectivity index (χ0n) is 12.5. The number of hydrogen-bond donors (Lipinski definition) is 2. The lowest BCUT2D eigenvalue weighted by molar-refractivity contribution is -0.128. The molecule has 1 aromatic rings. The molecule has 3 N–H and O–H groups in total. The van der Waals surface area contributed by atoms with E-state index in [2.05, 4.69) is 10.3 Å². The molecule has 0 aliphatic heterocycles. The summed E-state index contributed by atoms with van der Waals surface area (Å²) in [4.78, 5) is 17.4. The maximum absolute atomic E-state index is 12.6. The van der Waals surface area contributed by atoms with Crippen LogP contribution in [0.2, 0.25) is 0 Å². The van der Waals surface area contributed by atoms with Crippen molar-refractivity contribution in [1.29, 1.82) is 0 Å². The summed E-state index contributed by atoms with van der Waals surface area (Å²) in [7, 11) is 0. The lowest BCUT2D eigenvalue weighted by Crippen LogP contribution is -2.49. The van der Waals surface area contributed by atoms with Crippen molar-refractivity contribution in [2.75, 3.05) is 6.54 Å². The first-order valence-corrected chi connectivity index (χ1v) is 8.82. The van der Waals surface area contributed by atoms with E-state index in [1.165, 1.54) is 0 Å². The van der Waals surface area contributed by atoms with E-state index in [1.54, 1.807) is 11.3 Å². The maximum Gasteiger partial charge on any atom is 0.233 e. The van der Waals surface area contributed by atoms with Gasteiger partial charge in [-0.25, -0.2) is 4.98 Å². The van der Waals surface area contributed by atoms with Crippen molar-refractivity contribution >= 4 is 34.5 Å². The number of nitrogens with zero attached hydrogens (tertiary/aromatic N) is 1. The Kier molecular flexibility index (Phi) is 5.70. The largest absolute Gasteiger partial charge is 0.392 e. The van der Waals surface area contributed by atoms with Gasteiger partial charge in [0.25, 0.3) is 0 Å². The Morgan fingerprint density at radius 1 is 1.43 bits per heavy atom. The van der Waals surface area contributed by atoms with Gasteiger partial charge >= 0.3 is 0 Å². The topological polar surface area (TPSA) is 68.0 Å². The number of nitrogens with two attached hydrogens (primary N) is 1. The number of carbonyl (C=O) groups excluding carboxylic acids is 1. The molecule has 21 heavy (non-hydrogen) atoms. The molecule has 0 atom stereocenters. The molecule has 0 bridgehead atoms. The van der Waals surface area contributed by atoms with Crippen LogP contribution in [0.5, 0.6) is 0 Å². The summed E-state index contributed by atoms with van der Waals surface area (Å²) in [6, 6.07) is 0. The summed E-state index contributed by atoms with van der Waals surface area (Å²) in [5.41, 5.74) is 6.32. The van der Waals surface area contributed by atoms with E-state index in [0.29, 0.717) is 11.5 Å². The molecule has 6 heteroatoms. The smallest absolute Gasteiger partial charge is 0.233 e. The fourth-order valence-electron chi connectivity index (χ4n) is 2.89. The minimum Gasteiger partial charge on any atom is -0.392 e. The quantitative estimate of drug-likeness (QED) is 0.645. The van der Waals surface area contributed by atoms with Crippen LogP contribution in [-0.2, 0) is 11.2 Å². The van der Waals surface area contributed by atoms with Gasteiger partial charge in [-0.05, 0) is 19.8 Å². The number of thiocarbonyl (C=S) groups is 1. The summed E-state index contributed by atoms with van der Waals surface area (Å²) in [6.07, 6.45) is 6.70. The maximum atomic E-state index is 12.6. The standard InChI is InChI=1S/C15H23N3OS2/c1-11-10-21-12(18-11)6-9-17-14(19)15(13(16)20)7-4-2-3-5-8-15/h10H,2-9H2,1H3,(H2,16,20)(H,17,19). The van der Waals surface area contributed by atoms with Gasteiger partial charge in [0.2, 0.25) is 5.91 Å². The molecule has 2 rings (SSSR count). The molecule has 1 saturated carbocycles. The molecule has 0 unspecified atom stereocenters. The van der Waals surface area contributed by atoms with Crippen molar-refractivity contribution in [3.8, 4) is 0 Å². The third kappa shape index (κ3) is 4.01. The van der Waals surface area contributed by atoms with E-state index in [-0.39, 0.29) is 5.91 Å². The highest BCUT2D eigenvalue weighted by molar-refractivity contribution is 7.80. The summed E-state index contributed by atoms with van der Waals surface area (Å²) in [6.45, 7) is 2.57. The van der Waals surface area contributed by atoms with Crippen molar-refractivity contribution in [1.82, 2.24) is 10.3 Å². The van der Waals surface area contributed by atoms with Crippen LogP contribution in [0.3, 0.4) is 0 Å². The van der Waals surface area contributed by atoms with E-state index in [9.17, 15) is 4.79 Å². The number of nitrogens with one attached hydrogen (secondary N) is 1. The number of aryl methyl sites for hydroxylation is 1. The Labute approximate surface area is 135 Å². The molecule has 0 radical (unpaired) electrons. The number of carbonyl (C=O) groups is 1. The lowest BCUT2D eigenvalue weighted by Gasteiger charge is -2.30. The molecule has 0 spiro atoms. The minimum absolute atomic E-state index is 0.00479. The molecule has 1 aliphatic rings. The molecular formula is C15H23N3OS2. The summed E-state index contributed by atoms with van der Waals surface area (Å²) in [5, 5.41) is 6.10. The number of aromatic nitrogens is 1. The molecule has 116 valence electrons. The van der Waals surface area contributed by atoms with Crippen molar-refractivity contribution in [2.24, 2.45) is 11.1 Å². The Morgan fingerprint density at radius 2 is 2.10 bits per heavy atom. The second kappa shape index (κ2) is 7.31. The van der Waals surface area contributed by atoms with Gasteiger partial charge in [0.15, 0.2) is 0 Å². The van der Waals surface area contributed by atoms with Crippen LogP contribution >= 0.6 is 23.6 Å². The fourth-order valence-corrected chi connectivity index (χ4v) is 3.96. The third-order valence-corrected chi connectivity index (χ3v) is 5.57. The van der Waals surface area contributed by atoms with Gasteiger partial charge in [-0.15, -0.1) is 11.3 Å². The Morgan fingerprint density at radius 3 is 2.62 bits per heavy atom. The molecule has 1 fully saturated rings. The highest BCUT2D eigenvalue weighted by Gasteiger charge is 2.41. The van der Waals surface area contributed by atoms with Crippen LogP contribution in [0, 0.1) is 12.3 Å². The molecule has 0 aromatic carbocycles. The highest BCUT2D eigenvalue weighted by atomic mass is 32.1. The number of rotatable bonds is 5. The molecule has 0 saturated heterocycles. The van der Waals surface area contributed by atoms with E-state index < -0.39 is 5.41 Å². The minimum atomic E-state index is -0.634. The van der Waals surface area contributed by atoms with Gasteiger partial charge in [-0.2, -0.15) is 0 Å².